The molecule has 0 radical (unpaired) electrons. The molecule has 0 aliphatic carbocycles. The minimum absolute atomic E-state index is 0.0653. The van der Waals surface area contributed by atoms with Crippen molar-refractivity contribution in [3.63, 3.8) is 0 Å². The van der Waals surface area contributed by atoms with Gasteiger partial charge < -0.3 is 11.1 Å². The Kier molecular flexibility index (Phi) is 3.60. The number of benzene rings is 1. The predicted octanol–water partition coefficient (Wildman–Crippen LogP) is 1.86. The van der Waals surface area contributed by atoms with E-state index in [9.17, 15) is 4.79 Å². The molecule has 2 rings (SSSR count). The van der Waals surface area contributed by atoms with Gasteiger partial charge in [-0.25, -0.2) is 4.98 Å². The molecule has 7 heteroatoms. The van der Waals surface area contributed by atoms with Gasteiger partial charge in [0.2, 0.25) is 5.91 Å². The summed E-state index contributed by atoms with van der Waals surface area (Å²) >= 11 is 2.41. The fourth-order valence-electron chi connectivity index (χ4n) is 1.22. The number of aromatic nitrogens is 1. The van der Waals surface area contributed by atoms with E-state index in [0.29, 0.717) is 5.13 Å². The number of anilines is 1. The van der Waals surface area contributed by atoms with Crippen LogP contribution in [-0.2, 0) is 4.79 Å². The zero-order valence-corrected chi connectivity index (χ0v) is 10.4. The monoisotopic (exact) mass is 266 g/mol. The molecule has 4 N–H and O–H groups in total. The molecule has 0 atom stereocenters. The summed E-state index contributed by atoms with van der Waals surface area (Å²) in [7, 11) is 0. The van der Waals surface area contributed by atoms with E-state index in [1.54, 1.807) is 0 Å². The van der Waals surface area contributed by atoms with E-state index in [1.165, 1.54) is 11.3 Å². The molecule has 0 aliphatic heterocycles. The Hall–Kier alpha value is -1.60. The highest BCUT2D eigenvalue weighted by Crippen LogP contribution is 2.25. The first-order chi connectivity index (χ1) is 8.15. The lowest BCUT2D eigenvalue weighted by Gasteiger charge is -1.99. The molecule has 0 unspecified atom stereocenters. The molecule has 0 spiro atoms. The summed E-state index contributed by atoms with van der Waals surface area (Å²) in [5, 5.41) is 10.2. The van der Waals surface area contributed by atoms with Gasteiger partial charge in [0.15, 0.2) is 10.3 Å². The fraction of sp³-hybridized carbons (Fsp3) is 0.100. The van der Waals surface area contributed by atoms with Gasteiger partial charge in [0.25, 0.3) is 0 Å². The van der Waals surface area contributed by atoms with Crippen LogP contribution in [0.4, 0.5) is 5.13 Å². The standard InChI is InChI=1S/C10H10N4OS2/c11-9(12)16-5-8(15)14-10-13-6-3-1-2-4-7(6)17-10/h1-4H,5H2,(H3,11,12)(H,13,14,15). The van der Waals surface area contributed by atoms with Crippen LogP contribution in [0.15, 0.2) is 24.3 Å². The average Bonchev–Trinajstić information content (AvgIpc) is 2.68. The van der Waals surface area contributed by atoms with Crippen molar-refractivity contribution in [2.75, 3.05) is 11.1 Å². The van der Waals surface area contributed by atoms with E-state index in [4.69, 9.17) is 11.1 Å². The molecular formula is C10H10N4OS2. The number of rotatable bonds is 3. The summed E-state index contributed by atoms with van der Waals surface area (Å²) in [5.41, 5.74) is 6.02. The lowest BCUT2D eigenvalue weighted by atomic mass is 10.3. The molecule has 1 heterocycles. The molecule has 88 valence electrons. The summed E-state index contributed by atoms with van der Waals surface area (Å²) in [5.74, 6) is -0.0742. The van der Waals surface area contributed by atoms with Crippen LogP contribution in [-0.4, -0.2) is 21.8 Å². The van der Waals surface area contributed by atoms with Crippen molar-refractivity contribution < 1.29 is 4.79 Å². The summed E-state index contributed by atoms with van der Waals surface area (Å²) in [6.07, 6.45) is 0. The van der Waals surface area contributed by atoms with Crippen LogP contribution in [0.25, 0.3) is 10.2 Å². The van der Waals surface area contributed by atoms with E-state index < -0.39 is 0 Å². The summed E-state index contributed by atoms with van der Waals surface area (Å²) in [6.45, 7) is 0. The molecule has 1 amide bonds. The van der Waals surface area contributed by atoms with Crippen LogP contribution >= 0.6 is 23.1 Å². The van der Waals surface area contributed by atoms with Crippen molar-refractivity contribution in [2.24, 2.45) is 5.73 Å². The van der Waals surface area contributed by atoms with Crippen molar-refractivity contribution in [2.45, 2.75) is 0 Å². The molecule has 2 aromatic rings. The first-order valence-electron chi connectivity index (χ1n) is 4.77. The molecule has 1 aromatic carbocycles. The number of hydrogen-bond acceptors (Lipinski definition) is 5. The third-order valence-corrected chi connectivity index (χ3v) is 3.57. The minimum Gasteiger partial charge on any atom is -0.379 e. The van der Waals surface area contributed by atoms with E-state index in [2.05, 4.69) is 10.3 Å². The molecule has 0 bridgehead atoms. The van der Waals surface area contributed by atoms with Crippen LogP contribution in [0.3, 0.4) is 0 Å². The van der Waals surface area contributed by atoms with Gasteiger partial charge in [0, 0.05) is 0 Å². The predicted molar refractivity (Wildman–Crippen MR) is 72.6 cm³/mol. The average molecular weight is 266 g/mol. The van der Waals surface area contributed by atoms with E-state index in [-0.39, 0.29) is 16.8 Å². The zero-order chi connectivity index (χ0) is 12.3. The molecule has 17 heavy (non-hydrogen) atoms. The number of thiazole rings is 1. The molecular weight excluding hydrogens is 256 g/mol. The Morgan fingerprint density at radius 2 is 2.29 bits per heavy atom. The van der Waals surface area contributed by atoms with Crippen molar-refractivity contribution in [1.29, 1.82) is 5.41 Å². The maximum atomic E-state index is 11.5. The second-order valence-electron chi connectivity index (χ2n) is 3.19. The number of fused-ring (bicyclic) bond motifs is 1. The highest BCUT2D eigenvalue weighted by Gasteiger charge is 2.07. The Morgan fingerprint density at radius 1 is 1.53 bits per heavy atom. The molecule has 0 saturated carbocycles. The van der Waals surface area contributed by atoms with Crippen LogP contribution in [0, 0.1) is 5.41 Å². The number of nitrogens with zero attached hydrogens (tertiary/aromatic N) is 1. The zero-order valence-electron chi connectivity index (χ0n) is 8.77. The highest BCUT2D eigenvalue weighted by molar-refractivity contribution is 8.14. The smallest absolute Gasteiger partial charge is 0.236 e. The van der Waals surface area contributed by atoms with E-state index in [0.717, 1.165) is 22.0 Å². The summed E-state index contributed by atoms with van der Waals surface area (Å²) < 4.78 is 1.03. The normalized spacial score (nSPS) is 10.4. The summed E-state index contributed by atoms with van der Waals surface area (Å²) in [4.78, 5) is 15.7. The number of nitrogens with two attached hydrogens (primary N) is 1. The largest absolute Gasteiger partial charge is 0.379 e. The van der Waals surface area contributed by atoms with Gasteiger partial charge >= 0.3 is 0 Å². The topological polar surface area (TPSA) is 91.9 Å². The van der Waals surface area contributed by atoms with Gasteiger partial charge in [-0.15, -0.1) is 0 Å². The number of carbonyl (C=O) groups excluding carboxylic acids is 1. The molecule has 5 nitrogen and oxygen atoms in total. The van der Waals surface area contributed by atoms with E-state index >= 15 is 0 Å². The number of thioether (sulfide) groups is 1. The van der Waals surface area contributed by atoms with Gasteiger partial charge in [-0.3, -0.25) is 10.2 Å². The van der Waals surface area contributed by atoms with Crippen molar-refractivity contribution >= 4 is 49.5 Å². The Labute approximate surface area is 106 Å². The number of amidine groups is 1. The second kappa shape index (κ2) is 5.15. The number of hydrogen-bond donors (Lipinski definition) is 3. The van der Waals surface area contributed by atoms with E-state index in [1.807, 2.05) is 24.3 Å². The maximum Gasteiger partial charge on any atom is 0.236 e. The van der Waals surface area contributed by atoms with Gasteiger partial charge in [-0.2, -0.15) is 0 Å². The van der Waals surface area contributed by atoms with Gasteiger partial charge in [0.05, 0.1) is 16.0 Å². The van der Waals surface area contributed by atoms with Crippen LogP contribution < -0.4 is 11.1 Å². The van der Waals surface area contributed by atoms with Crippen LogP contribution in [0.1, 0.15) is 0 Å². The summed E-state index contributed by atoms with van der Waals surface area (Å²) in [6, 6.07) is 7.68. The van der Waals surface area contributed by atoms with Crippen molar-refractivity contribution in [1.82, 2.24) is 4.98 Å². The SMILES string of the molecule is N=C(N)SCC(=O)Nc1nc2ccccc2s1. The lowest BCUT2D eigenvalue weighted by molar-refractivity contribution is -0.113. The minimum atomic E-state index is -0.204. The highest BCUT2D eigenvalue weighted by atomic mass is 32.2. The number of amides is 1. The van der Waals surface area contributed by atoms with Crippen LogP contribution in [0.2, 0.25) is 0 Å². The molecule has 0 saturated heterocycles. The first-order valence-corrected chi connectivity index (χ1v) is 6.57. The number of nitrogens with one attached hydrogen (secondary N) is 2. The quantitative estimate of drug-likeness (QED) is 0.584. The van der Waals surface area contributed by atoms with Gasteiger partial charge in [-0.05, 0) is 12.1 Å². The van der Waals surface area contributed by atoms with Crippen molar-refractivity contribution in [3.05, 3.63) is 24.3 Å². The Balaban J connectivity index is 2.03. The molecule has 0 aliphatic rings. The third kappa shape index (κ3) is 3.18. The lowest BCUT2D eigenvalue weighted by Crippen LogP contribution is -2.17. The second-order valence-corrected chi connectivity index (χ2v) is 5.24. The Morgan fingerprint density at radius 3 is 3.00 bits per heavy atom. The first kappa shape index (κ1) is 11.9. The van der Waals surface area contributed by atoms with Gasteiger partial charge in [-0.1, -0.05) is 35.2 Å². The molecule has 0 fully saturated rings. The molecule has 1 aromatic heterocycles. The number of para-hydroxylation sites is 1. The third-order valence-electron chi connectivity index (χ3n) is 1.90. The number of carbonyl (C=O) groups is 1. The van der Waals surface area contributed by atoms with Crippen molar-refractivity contribution in [3.8, 4) is 0 Å². The maximum absolute atomic E-state index is 11.5. The van der Waals surface area contributed by atoms with Crippen LogP contribution in [0.5, 0.6) is 0 Å². The van der Waals surface area contributed by atoms with Gasteiger partial charge in [0.1, 0.15) is 0 Å². The fourth-order valence-corrected chi connectivity index (χ4v) is 2.47. The Bertz CT molecular complexity index is 533.